The monoisotopic (exact) mass is 500 g/mol. The number of carbonyl (C=O) groups excluding carboxylic acids is 1. The summed E-state index contributed by atoms with van der Waals surface area (Å²) < 4.78 is 47.8. The summed E-state index contributed by atoms with van der Waals surface area (Å²) in [6, 6.07) is 15.4. The van der Waals surface area contributed by atoms with E-state index in [9.17, 15) is 18.0 Å². The van der Waals surface area contributed by atoms with Gasteiger partial charge in [-0.05, 0) is 37.5 Å². The van der Waals surface area contributed by atoms with Crippen LogP contribution < -0.4 is 5.32 Å². The number of para-hydroxylation sites is 2. The third kappa shape index (κ3) is 4.75. The molecule has 0 unspecified atom stereocenters. The van der Waals surface area contributed by atoms with Crippen molar-refractivity contribution in [2.45, 2.75) is 32.0 Å². The number of halogens is 3. The minimum absolute atomic E-state index is 0.0468. The Kier molecular flexibility index (Phi) is 6.22. The zero-order valence-corrected chi connectivity index (χ0v) is 19.7. The summed E-state index contributed by atoms with van der Waals surface area (Å²) in [4.78, 5) is 24.4. The summed E-state index contributed by atoms with van der Waals surface area (Å²) in [5.74, 6) is -2.16. The van der Waals surface area contributed by atoms with E-state index in [2.05, 4.69) is 15.3 Å². The van der Waals surface area contributed by atoms with Crippen LogP contribution in [0.4, 0.5) is 19.2 Å². The van der Waals surface area contributed by atoms with Gasteiger partial charge in [-0.3, -0.25) is 4.79 Å². The molecule has 0 bridgehead atoms. The zero-order chi connectivity index (χ0) is 24.6. The molecule has 1 fully saturated rings. The Morgan fingerprint density at radius 1 is 1.14 bits per heavy atom. The summed E-state index contributed by atoms with van der Waals surface area (Å²) in [7, 11) is 0. The van der Waals surface area contributed by atoms with Gasteiger partial charge >= 0.3 is 6.18 Å². The number of anilines is 1. The molecule has 0 saturated carbocycles. The lowest BCUT2D eigenvalue weighted by Gasteiger charge is -2.41. The molecular weight excluding hydrogens is 477 g/mol. The molecule has 1 aliphatic heterocycles. The Hall–Kier alpha value is -3.40. The standard InChI is InChI=1S/C25H23F3N4O2S/c1-15-30-21(22(35-15)16-8-3-2-4-9-16)23(33)32-13-7-10-17(25(26,27)28)19(32)14-29-24-31-18-11-5-6-12-20(18)34-24/h2-6,8-9,11-12,17,19H,7,10,13-14H2,1H3,(H,29,31)/t17-,19-/m0/s1. The number of piperidine rings is 1. The third-order valence-electron chi connectivity index (χ3n) is 6.19. The van der Waals surface area contributed by atoms with Gasteiger partial charge in [0.05, 0.1) is 21.8 Å². The normalized spacial score (nSPS) is 18.7. The maximum Gasteiger partial charge on any atom is 0.393 e. The lowest BCUT2D eigenvalue weighted by atomic mass is 9.88. The van der Waals surface area contributed by atoms with Crippen molar-refractivity contribution in [3.63, 3.8) is 0 Å². The average molecular weight is 501 g/mol. The second-order valence-electron chi connectivity index (χ2n) is 8.50. The van der Waals surface area contributed by atoms with E-state index < -0.39 is 24.0 Å². The number of fused-ring (bicyclic) bond motifs is 1. The molecule has 6 nitrogen and oxygen atoms in total. The highest BCUT2D eigenvalue weighted by molar-refractivity contribution is 7.15. The fraction of sp³-hybridized carbons (Fsp3) is 0.320. The van der Waals surface area contributed by atoms with Gasteiger partial charge in [-0.2, -0.15) is 18.2 Å². The predicted octanol–water partition coefficient (Wildman–Crippen LogP) is 6.15. The van der Waals surface area contributed by atoms with Crippen LogP contribution in [0.2, 0.25) is 0 Å². The lowest BCUT2D eigenvalue weighted by Crippen LogP contribution is -2.55. The second-order valence-corrected chi connectivity index (χ2v) is 9.70. The number of hydrogen-bond donors (Lipinski definition) is 1. The van der Waals surface area contributed by atoms with E-state index in [-0.39, 0.29) is 37.6 Å². The number of amides is 1. The van der Waals surface area contributed by atoms with Gasteiger partial charge in [0.1, 0.15) is 11.2 Å². The van der Waals surface area contributed by atoms with Gasteiger partial charge in [-0.15, -0.1) is 11.3 Å². The molecule has 1 amide bonds. The Bertz CT molecular complexity index is 1300. The average Bonchev–Trinajstić information content (AvgIpc) is 3.45. The first-order chi connectivity index (χ1) is 16.8. The first-order valence-corrected chi connectivity index (χ1v) is 12.1. The quantitative estimate of drug-likeness (QED) is 0.356. The van der Waals surface area contributed by atoms with Crippen molar-refractivity contribution in [2.24, 2.45) is 5.92 Å². The van der Waals surface area contributed by atoms with E-state index in [1.165, 1.54) is 16.2 Å². The highest BCUT2D eigenvalue weighted by atomic mass is 32.1. The second kappa shape index (κ2) is 9.33. The first kappa shape index (κ1) is 23.3. The molecule has 5 rings (SSSR count). The van der Waals surface area contributed by atoms with E-state index in [1.807, 2.05) is 30.3 Å². The first-order valence-electron chi connectivity index (χ1n) is 11.3. The van der Waals surface area contributed by atoms with Crippen molar-refractivity contribution in [3.8, 4) is 10.4 Å². The number of hydrogen-bond acceptors (Lipinski definition) is 6. The molecule has 1 N–H and O–H groups in total. The van der Waals surface area contributed by atoms with Crippen LogP contribution in [0.3, 0.4) is 0 Å². The van der Waals surface area contributed by atoms with E-state index in [4.69, 9.17) is 4.42 Å². The maximum absolute atomic E-state index is 14.1. The van der Waals surface area contributed by atoms with Crippen molar-refractivity contribution < 1.29 is 22.4 Å². The Balaban J connectivity index is 1.46. The number of likely N-dealkylation sites (tertiary alicyclic amines) is 1. The number of rotatable bonds is 5. The molecule has 35 heavy (non-hydrogen) atoms. The molecular formula is C25H23F3N4O2S. The van der Waals surface area contributed by atoms with Crippen LogP contribution in [-0.2, 0) is 0 Å². The number of carbonyl (C=O) groups is 1. The van der Waals surface area contributed by atoms with Crippen molar-refractivity contribution in [2.75, 3.05) is 18.4 Å². The number of aryl methyl sites for hydroxylation is 1. The van der Waals surface area contributed by atoms with Gasteiger partial charge < -0.3 is 14.6 Å². The van der Waals surface area contributed by atoms with E-state index in [0.717, 1.165) is 5.56 Å². The minimum Gasteiger partial charge on any atom is -0.424 e. The van der Waals surface area contributed by atoms with Crippen molar-refractivity contribution in [1.29, 1.82) is 0 Å². The molecule has 182 valence electrons. The highest BCUT2D eigenvalue weighted by Gasteiger charge is 2.49. The number of nitrogens with zero attached hydrogens (tertiary/aromatic N) is 3. The predicted molar refractivity (Wildman–Crippen MR) is 128 cm³/mol. The maximum atomic E-state index is 14.1. The highest BCUT2D eigenvalue weighted by Crippen LogP contribution is 2.39. The van der Waals surface area contributed by atoms with E-state index in [1.54, 1.807) is 31.2 Å². The van der Waals surface area contributed by atoms with Crippen LogP contribution in [0.15, 0.2) is 59.0 Å². The molecule has 4 aromatic rings. The Morgan fingerprint density at radius 3 is 2.63 bits per heavy atom. The minimum atomic E-state index is -4.45. The SMILES string of the molecule is Cc1nc(C(=O)N2CCC[C@H](C(F)(F)F)[C@@H]2CNc2nc3ccccc3o2)c(-c2ccccc2)s1. The van der Waals surface area contributed by atoms with Gasteiger partial charge in [0.15, 0.2) is 5.58 Å². The van der Waals surface area contributed by atoms with Crippen LogP contribution >= 0.6 is 11.3 Å². The molecule has 1 saturated heterocycles. The van der Waals surface area contributed by atoms with E-state index >= 15 is 0 Å². The fourth-order valence-corrected chi connectivity index (χ4v) is 5.49. The largest absolute Gasteiger partial charge is 0.424 e. The van der Waals surface area contributed by atoms with Crippen LogP contribution in [0.25, 0.3) is 21.5 Å². The van der Waals surface area contributed by atoms with Gasteiger partial charge in [-0.25, -0.2) is 4.98 Å². The van der Waals surface area contributed by atoms with Crippen molar-refractivity contribution >= 4 is 34.4 Å². The molecule has 3 heterocycles. The topological polar surface area (TPSA) is 71.3 Å². The summed E-state index contributed by atoms with van der Waals surface area (Å²) in [5.41, 5.74) is 2.13. The number of alkyl halides is 3. The Labute approximate surface area is 203 Å². The molecule has 2 atom stereocenters. The number of nitrogens with one attached hydrogen (secondary N) is 1. The third-order valence-corrected chi connectivity index (χ3v) is 7.21. The Morgan fingerprint density at radius 2 is 1.89 bits per heavy atom. The van der Waals surface area contributed by atoms with Crippen LogP contribution in [0.5, 0.6) is 0 Å². The molecule has 1 aliphatic rings. The molecule has 0 radical (unpaired) electrons. The summed E-state index contributed by atoms with van der Waals surface area (Å²) in [6.45, 7) is 1.86. The van der Waals surface area contributed by atoms with Gasteiger partial charge in [0, 0.05) is 13.1 Å². The molecule has 2 aromatic carbocycles. The molecule has 0 spiro atoms. The lowest BCUT2D eigenvalue weighted by molar-refractivity contribution is -0.196. The summed E-state index contributed by atoms with van der Waals surface area (Å²) in [5, 5.41) is 3.58. The van der Waals surface area contributed by atoms with Gasteiger partial charge in [-0.1, -0.05) is 42.5 Å². The molecule has 10 heteroatoms. The van der Waals surface area contributed by atoms with Crippen LogP contribution in [-0.4, -0.2) is 46.1 Å². The number of oxazole rings is 1. The van der Waals surface area contributed by atoms with Gasteiger partial charge in [0.25, 0.3) is 11.9 Å². The fourth-order valence-electron chi connectivity index (χ4n) is 4.58. The number of aromatic nitrogens is 2. The number of benzene rings is 2. The summed E-state index contributed by atoms with van der Waals surface area (Å²) >= 11 is 1.36. The van der Waals surface area contributed by atoms with Crippen LogP contribution in [0.1, 0.15) is 28.3 Å². The summed E-state index contributed by atoms with van der Waals surface area (Å²) in [6.07, 6.45) is -4.24. The van der Waals surface area contributed by atoms with Crippen molar-refractivity contribution in [1.82, 2.24) is 14.9 Å². The molecule has 2 aromatic heterocycles. The van der Waals surface area contributed by atoms with Crippen LogP contribution in [0, 0.1) is 12.8 Å². The smallest absolute Gasteiger partial charge is 0.393 e. The zero-order valence-electron chi connectivity index (χ0n) is 18.9. The van der Waals surface area contributed by atoms with E-state index in [0.29, 0.717) is 21.0 Å². The number of thiazole rings is 1. The molecule has 0 aliphatic carbocycles. The van der Waals surface area contributed by atoms with Crippen molar-refractivity contribution in [3.05, 3.63) is 65.3 Å². The van der Waals surface area contributed by atoms with Gasteiger partial charge in [0.2, 0.25) is 0 Å².